The Kier molecular flexibility index (Phi) is 7.48. The molecule has 2 atom stereocenters. The van der Waals surface area contributed by atoms with Gasteiger partial charge in [-0.25, -0.2) is 0 Å². The van der Waals surface area contributed by atoms with E-state index in [-0.39, 0.29) is 24.5 Å². The molecule has 1 heterocycles. The second-order valence-electron chi connectivity index (χ2n) is 7.50. The van der Waals surface area contributed by atoms with Gasteiger partial charge in [-0.2, -0.15) is 26.3 Å². The van der Waals surface area contributed by atoms with Crippen LogP contribution in [0, 0.1) is 0 Å². The van der Waals surface area contributed by atoms with Crippen LogP contribution in [0.15, 0.2) is 48.5 Å². The molecule has 2 nitrogen and oxygen atoms in total. The van der Waals surface area contributed by atoms with Gasteiger partial charge in [-0.3, -0.25) is 4.90 Å². The van der Waals surface area contributed by atoms with Crippen LogP contribution in [-0.4, -0.2) is 30.1 Å². The van der Waals surface area contributed by atoms with Gasteiger partial charge in [-0.15, -0.1) is 12.4 Å². The predicted molar refractivity (Wildman–Crippen MR) is 106 cm³/mol. The number of halogens is 7. The number of hydrogen-bond acceptors (Lipinski definition) is 2. The third-order valence-corrected chi connectivity index (χ3v) is 5.25. The lowest BCUT2D eigenvalue weighted by atomic mass is 9.92. The van der Waals surface area contributed by atoms with Gasteiger partial charge >= 0.3 is 12.4 Å². The summed E-state index contributed by atoms with van der Waals surface area (Å²) in [7, 11) is 0. The minimum absolute atomic E-state index is 0. The molecule has 1 aliphatic rings. The molecule has 0 unspecified atom stereocenters. The van der Waals surface area contributed by atoms with E-state index in [1.807, 2.05) is 13.8 Å². The molecule has 30 heavy (non-hydrogen) atoms. The molecule has 1 N–H and O–H groups in total. The first kappa shape index (κ1) is 24.5. The lowest BCUT2D eigenvalue weighted by molar-refractivity contribution is -0.138. The fraction of sp³-hybridized carbons (Fsp3) is 0.429. The third-order valence-electron chi connectivity index (χ3n) is 5.25. The fourth-order valence-electron chi connectivity index (χ4n) is 3.69. The van der Waals surface area contributed by atoms with Crippen LogP contribution < -0.4 is 5.32 Å². The Hall–Kier alpha value is -1.77. The highest BCUT2D eigenvalue weighted by Crippen LogP contribution is 2.36. The maximum absolute atomic E-state index is 12.9. The van der Waals surface area contributed by atoms with Crippen LogP contribution in [0.25, 0.3) is 0 Å². The minimum Gasteiger partial charge on any atom is -0.311 e. The van der Waals surface area contributed by atoms with Gasteiger partial charge in [-0.05, 0) is 49.2 Å². The topological polar surface area (TPSA) is 15.3 Å². The lowest BCUT2D eigenvalue weighted by Crippen LogP contribution is -2.55. The molecule has 9 heteroatoms. The van der Waals surface area contributed by atoms with E-state index in [4.69, 9.17) is 0 Å². The third kappa shape index (κ3) is 5.47. The molecule has 0 spiro atoms. The molecule has 0 aromatic heterocycles. The summed E-state index contributed by atoms with van der Waals surface area (Å²) in [4.78, 5) is 2.12. The number of rotatable bonds is 3. The Morgan fingerprint density at radius 2 is 1.20 bits per heavy atom. The highest BCUT2D eigenvalue weighted by atomic mass is 35.5. The van der Waals surface area contributed by atoms with E-state index >= 15 is 0 Å². The molecule has 1 fully saturated rings. The minimum atomic E-state index is -4.45. The van der Waals surface area contributed by atoms with Crippen molar-refractivity contribution in [1.82, 2.24) is 10.2 Å². The second kappa shape index (κ2) is 9.16. The summed E-state index contributed by atoms with van der Waals surface area (Å²) in [6.07, 6.45) is -8.89. The maximum Gasteiger partial charge on any atom is 0.416 e. The molecule has 2 aromatic rings. The zero-order valence-corrected chi connectivity index (χ0v) is 17.2. The van der Waals surface area contributed by atoms with Crippen LogP contribution in [0.4, 0.5) is 26.3 Å². The summed E-state index contributed by atoms with van der Waals surface area (Å²) in [5.41, 5.74) is -0.291. The summed E-state index contributed by atoms with van der Waals surface area (Å²) in [5.74, 6) is 0. The molecule has 0 aliphatic carbocycles. The van der Waals surface area contributed by atoms with Crippen molar-refractivity contribution < 1.29 is 26.3 Å². The first-order valence-corrected chi connectivity index (χ1v) is 9.30. The number of hydrogen-bond donors (Lipinski definition) is 1. The summed E-state index contributed by atoms with van der Waals surface area (Å²) < 4.78 is 77.7. The standard InChI is InChI=1S/C21H22F6N2.ClH/c1-13-12-29(14(2)11-28-13)19(15-3-7-17(8-4-15)20(22,23)24)16-5-9-18(10-6-16)21(25,26)27;/h3-10,13-14,19,28H,11-12H2,1-2H3;1H/t13-,14+;/m0./s1. The Balaban J connectivity index is 0.00000320. The van der Waals surface area contributed by atoms with Crippen LogP contribution in [0.2, 0.25) is 0 Å². The number of nitrogens with zero attached hydrogens (tertiary/aromatic N) is 1. The Morgan fingerprint density at radius 3 is 1.57 bits per heavy atom. The summed E-state index contributed by atoms with van der Waals surface area (Å²) in [6, 6.07) is 9.46. The number of benzene rings is 2. The molecule has 3 rings (SSSR count). The molecule has 0 saturated carbocycles. The van der Waals surface area contributed by atoms with Crippen LogP contribution in [0.3, 0.4) is 0 Å². The van der Waals surface area contributed by atoms with E-state index in [1.54, 1.807) is 0 Å². The molecule has 166 valence electrons. The smallest absolute Gasteiger partial charge is 0.311 e. The van der Waals surface area contributed by atoms with E-state index in [9.17, 15) is 26.3 Å². The molecular formula is C21H23ClF6N2. The zero-order chi connectivity index (χ0) is 21.4. The van der Waals surface area contributed by atoms with Gasteiger partial charge in [0.15, 0.2) is 0 Å². The molecule has 2 aromatic carbocycles. The Labute approximate surface area is 177 Å². The van der Waals surface area contributed by atoms with Crippen molar-refractivity contribution in [2.24, 2.45) is 0 Å². The second-order valence-corrected chi connectivity index (χ2v) is 7.50. The van der Waals surface area contributed by atoms with Gasteiger partial charge in [0, 0.05) is 25.2 Å². The summed E-state index contributed by atoms with van der Waals surface area (Å²) >= 11 is 0. The van der Waals surface area contributed by atoms with Gasteiger partial charge < -0.3 is 5.32 Å². The first-order chi connectivity index (χ1) is 13.5. The zero-order valence-electron chi connectivity index (χ0n) is 16.4. The largest absolute Gasteiger partial charge is 0.416 e. The van der Waals surface area contributed by atoms with Gasteiger partial charge in [0.1, 0.15) is 0 Å². The van der Waals surface area contributed by atoms with Gasteiger partial charge in [0.05, 0.1) is 17.2 Å². The van der Waals surface area contributed by atoms with E-state index in [1.165, 1.54) is 24.3 Å². The quantitative estimate of drug-likeness (QED) is 0.582. The van der Waals surface area contributed by atoms with Crippen molar-refractivity contribution in [2.75, 3.05) is 13.1 Å². The van der Waals surface area contributed by atoms with Crippen molar-refractivity contribution in [2.45, 2.75) is 44.3 Å². The number of piperazine rings is 1. The predicted octanol–water partition coefficient (Wildman–Crippen LogP) is 5.92. The molecule has 0 radical (unpaired) electrons. The highest BCUT2D eigenvalue weighted by molar-refractivity contribution is 5.85. The molecule has 1 aliphatic heterocycles. The molecular weight excluding hydrogens is 430 g/mol. The van der Waals surface area contributed by atoms with Gasteiger partial charge in [0.25, 0.3) is 0 Å². The molecule has 0 bridgehead atoms. The van der Waals surface area contributed by atoms with Crippen molar-refractivity contribution in [3.05, 3.63) is 70.8 Å². The number of nitrogens with one attached hydrogen (secondary N) is 1. The van der Waals surface area contributed by atoms with Crippen molar-refractivity contribution in [3.63, 3.8) is 0 Å². The van der Waals surface area contributed by atoms with Crippen molar-refractivity contribution >= 4 is 12.4 Å². The summed E-state index contributed by atoms with van der Waals surface area (Å²) in [6.45, 7) is 5.28. The molecule has 1 saturated heterocycles. The fourth-order valence-corrected chi connectivity index (χ4v) is 3.69. The Bertz CT molecular complexity index is 760. The van der Waals surface area contributed by atoms with Gasteiger partial charge in [-0.1, -0.05) is 24.3 Å². The summed E-state index contributed by atoms with van der Waals surface area (Å²) in [5, 5.41) is 3.34. The Morgan fingerprint density at radius 1 is 0.800 bits per heavy atom. The van der Waals surface area contributed by atoms with E-state index < -0.39 is 29.5 Å². The van der Waals surface area contributed by atoms with E-state index in [0.29, 0.717) is 24.2 Å². The first-order valence-electron chi connectivity index (χ1n) is 9.30. The normalized spacial score (nSPS) is 20.8. The van der Waals surface area contributed by atoms with Gasteiger partial charge in [0.2, 0.25) is 0 Å². The van der Waals surface area contributed by atoms with Crippen molar-refractivity contribution in [3.8, 4) is 0 Å². The maximum atomic E-state index is 12.9. The average molecular weight is 453 g/mol. The monoisotopic (exact) mass is 452 g/mol. The van der Waals surface area contributed by atoms with Crippen molar-refractivity contribution in [1.29, 1.82) is 0 Å². The van der Waals surface area contributed by atoms with Crippen LogP contribution in [0.1, 0.15) is 42.1 Å². The molecule has 0 amide bonds. The highest BCUT2D eigenvalue weighted by Gasteiger charge is 2.34. The van der Waals surface area contributed by atoms with E-state index in [2.05, 4.69) is 10.2 Å². The van der Waals surface area contributed by atoms with E-state index in [0.717, 1.165) is 24.3 Å². The lowest BCUT2D eigenvalue weighted by Gasteiger charge is -2.43. The van der Waals surface area contributed by atoms with Crippen LogP contribution >= 0.6 is 12.4 Å². The number of alkyl halides is 6. The SMILES string of the molecule is C[C@@H]1CN[C@@H](C)CN1C(c1ccc(C(F)(F)F)cc1)c1ccc(C(F)(F)F)cc1.Cl. The average Bonchev–Trinajstić information content (AvgIpc) is 2.64. The van der Waals surface area contributed by atoms with Crippen LogP contribution in [0.5, 0.6) is 0 Å². The van der Waals surface area contributed by atoms with Crippen LogP contribution in [-0.2, 0) is 12.4 Å².